The second kappa shape index (κ2) is 6.36. The van der Waals surface area contributed by atoms with Crippen molar-refractivity contribution in [2.24, 2.45) is 0 Å². The molecule has 2 amide bonds. The van der Waals surface area contributed by atoms with E-state index in [-0.39, 0.29) is 18.6 Å². The number of piperazine rings is 1. The first-order valence-electron chi connectivity index (χ1n) is 7.69. The van der Waals surface area contributed by atoms with Gasteiger partial charge in [0.15, 0.2) is 0 Å². The second-order valence-corrected chi connectivity index (χ2v) is 5.83. The van der Waals surface area contributed by atoms with Gasteiger partial charge in [0.25, 0.3) is 0 Å². The summed E-state index contributed by atoms with van der Waals surface area (Å²) in [5.74, 6) is -0.0145. The highest BCUT2D eigenvalue weighted by Crippen LogP contribution is 2.23. The summed E-state index contributed by atoms with van der Waals surface area (Å²) < 4.78 is 5.36. The van der Waals surface area contributed by atoms with Crippen LogP contribution in [0.4, 0.5) is 4.79 Å². The standard InChI is InChI=1S/C16H21N3O3/c20-14-16(18-9-8-17-14)7-4-10-19(12-16)15(21)22-11-13-5-2-1-3-6-13/h1-3,5-6,18H,4,7-12H2,(H,17,20). The molecule has 0 radical (unpaired) electrons. The SMILES string of the molecule is O=C(OCc1ccccc1)N1CCCC2(C1)NCCNC2=O. The van der Waals surface area contributed by atoms with Gasteiger partial charge >= 0.3 is 6.09 Å². The van der Waals surface area contributed by atoms with E-state index in [4.69, 9.17) is 4.74 Å². The maximum Gasteiger partial charge on any atom is 0.410 e. The van der Waals surface area contributed by atoms with Crippen molar-refractivity contribution in [1.82, 2.24) is 15.5 Å². The van der Waals surface area contributed by atoms with Crippen molar-refractivity contribution >= 4 is 12.0 Å². The summed E-state index contributed by atoms with van der Waals surface area (Å²) in [7, 11) is 0. The largest absolute Gasteiger partial charge is 0.445 e. The van der Waals surface area contributed by atoms with E-state index in [2.05, 4.69) is 10.6 Å². The van der Waals surface area contributed by atoms with Crippen LogP contribution in [0.15, 0.2) is 30.3 Å². The molecule has 2 heterocycles. The highest BCUT2D eigenvalue weighted by atomic mass is 16.6. The third-order valence-electron chi connectivity index (χ3n) is 4.26. The molecule has 2 aliphatic rings. The third-order valence-corrected chi connectivity index (χ3v) is 4.26. The molecule has 22 heavy (non-hydrogen) atoms. The van der Waals surface area contributed by atoms with Crippen LogP contribution in [0.1, 0.15) is 18.4 Å². The number of amides is 2. The Kier molecular flexibility index (Phi) is 4.29. The molecule has 118 valence electrons. The lowest BCUT2D eigenvalue weighted by atomic mass is 9.87. The normalized spacial score (nSPS) is 24.9. The zero-order valence-corrected chi connectivity index (χ0v) is 12.5. The Morgan fingerprint density at radius 2 is 2.09 bits per heavy atom. The number of carbonyl (C=O) groups excluding carboxylic acids is 2. The predicted molar refractivity (Wildman–Crippen MR) is 81.2 cm³/mol. The summed E-state index contributed by atoms with van der Waals surface area (Å²) in [6.07, 6.45) is 1.19. The predicted octanol–water partition coefficient (Wildman–Crippen LogP) is 0.877. The maximum absolute atomic E-state index is 12.2. The minimum Gasteiger partial charge on any atom is -0.445 e. The summed E-state index contributed by atoms with van der Waals surface area (Å²) in [6, 6.07) is 9.58. The molecule has 2 N–H and O–H groups in total. The molecule has 6 nitrogen and oxygen atoms in total. The zero-order valence-electron chi connectivity index (χ0n) is 12.5. The molecular weight excluding hydrogens is 282 g/mol. The van der Waals surface area contributed by atoms with E-state index in [9.17, 15) is 9.59 Å². The molecule has 1 atom stereocenters. The quantitative estimate of drug-likeness (QED) is 0.851. The first kappa shape index (κ1) is 14.8. The Hall–Kier alpha value is -2.08. The van der Waals surface area contributed by atoms with Crippen LogP contribution in [-0.4, -0.2) is 48.6 Å². The number of benzene rings is 1. The van der Waals surface area contributed by atoms with E-state index in [1.807, 2.05) is 30.3 Å². The fraction of sp³-hybridized carbons (Fsp3) is 0.500. The van der Waals surface area contributed by atoms with Crippen LogP contribution in [-0.2, 0) is 16.1 Å². The lowest BCUT2D eigenvalue weighted by Crippen LogP contribution is -2.69. The molecule has 0 saturated carbocycles. The third kappa shape index (κ3) is 3.06. The molecule has 6 heteroatoms. The van der Waals surface area contributed by atoms with Gasteiger partial charge in [0.1, 0.15) is 12.1 Å². The molecule has 1 aromatic rings. The Morgan fingerprint density at radius 1 is 1.27 bits per heavy atom. The van der Waals surface area contributed by atoms with Gasteiger partial charge in [-0.15, -0.1) is 0 Å². The number of nitrogens with zero attached hydrogens (tertiary/aromatic N) is 1. The van der Waals surface area contributed by atoms with Gasteiger partial charge in [-0.05, 0) is 18.4 Å². The lowest BCUT2D eigenvalue weighted by Gasteiger charge is -2.43. The molecule has 0 bridgehead atoms. The van der Waals surface area contributed by atoms with Gasteiger partial charge in [-0.25, -0.2) is 4.79 Å². The van der Waals surface area contributed by atoms with Gasteiger partial charge in [0, 0.05) is 19.6 Å². The van der Waals surface area contributed by atoms with Gasteiger partial charge in [-0.2, -0.15) is 0 Å². The van der Waals surface area contributed by atoms with E-state index >= 15 is 0 Å². The van der Waals surface area contributed by atoms with Gasteiger partial charge in [-0.1, -0.05) is 30.3 Å². The van der Waals surface area contributed by atoms with E-state index in [1.165, 1.54) is 0 Å². The smallest absolute Gasteiger partial charge is 0.410 e. The van der Waals surface area contributed by atoms with Crippen molar-refractivity contribution in [2.45, 2.75) is 25.0 Å². The number of nitrogens with one attached hydrogen (secondary N) is 2. The van der Waals surface area contributed by atoms with Crippen molar-refractivity contribution in [3.63, 3.8) is 0 Å². The van der Waals surface area contributed by atoms with Crippen LogP contribution in [0.2, 0.25) is 0 Å². The molecule has 0 aliphatic carbocycles. The van der Waals surface area contributed by atoms with Gasteiger partial charge in [-0.3, -0.25) is 4.79 Å². The van der Waals surface area contributed by atoms with Gasteiger partial charge in [0.05, 0.1) is 6.54 Å². The van der Waals surface area contributed by atoms with Crippen LogP contribution >= 0.6 is 0 Å². The van der Waals surface area contributed by atoms with Crippen LogP contribution in [0, 0.1) is 0 Å². The Morgan fingerprint density at radius 3 is 2.86 bits per heavy atom. The second-order valence-electron chi connectivity index (χ2n) is 5.83. The van der Waals surface area contributed by atoms with Crippen LogP contribution < -0.4 is 10.6 Å². The van der Waals surface area contributed by atoms with E-state index in [1.54, 1.807) is 4.90 Å². The lowest BCUT2D eigenvalue weighted by molar-refractivity contribution is -0.131. The number of rotatable bonds is 2. The van der Waals surface area contributed by atoms with Crippen LogP contribution in [0.25, 0.3) is 0 Å². The Balaban J connectivity index is 1.59. The highest BCUT2D eigenvalue weighted by molar-refractivity contribution is 5.88. The Labute approximate surface area is 129 Å². The highest BCUT2D eigenvalue weighted by Gasteiger charge is 2.44. The number of ether oxygens (including phenoxy) is 1. The zero-order chi connectivity index (χ0) is 15.4. The molecule has 2 saturated heterocycles. The number of hydrogen-bond donors (Lipinski definition) is 2. The van der Waals surface area contributed by atoms with E-state index in [0.717, 1.165) is 24.9 Å². The first-order chi connectivity index (χ1) is 10.7. The van der Waals surface area contributed by atoms with E-state index < -0.39 is 5.54 Å². The average Bonchev–Trinajstić information content (AvgIpc) is 2.57. The molecular formula is C16H21N3O3. The molecule has 2 aliphatic heterocycles. The summed E-state index contributed by atoms with van der Waals surface area (Å²) >= 11 is 0. The average molecular weight is 303 g/mol. The van der Waals surface area contributed by atoms with Crippen molar-refractivity contribution in [3.8, 4) is 0 Å². The summed E-state index contributed by atoms with van der Waals surface area (Å²) in [5.41, 5.74) is 0.304. The molecule has 3 rings (SSSR count). The van der Waals surface area contributed by atoms with E-state index in [0.29, 0.717) is 19.6 Å². The fourth-order valence-electron chi connectivity index (χ4n) is 3.08. The minimum atomic E-state index is -0.651. The number of likely N-dealkylation sites (tertiary alicyclic amines) is 1. The van der Waals surface area contributed by atoms with Crippen molar-refractivity contribution in [2.75, 3.05) is 26.2 Å². The number of hydrogen-bond acceptors (Lipinski definition) is 4. The first-order valence-corrected chi connectivity index (χ1v) is 7.69. The fourth-order valence-corrected chi connectivity index (χ4v) is 3.08. The summed E-state index contributed by atoms with van der Waals surface area (Å²) in [4.78, 5) is 26.0. The number of piperidine rings is 1. The van der Waals surface area contributed by atoms with Gasteiger partial charge < -0.3 is 20.3 Å². The monoisotopic (exact) mass is 303 g/mol. The molecule has 1 aromatic carbocycles. The van der Waals surface area contributed by atoms with Gasteiger partial charge in [0.2, 0.25) is 5.91 Å². The summed E-state index contributed by atoms with van der Waals surface area (Å²) in [5, 5.41) is 6.16. The van der Waals surface area contributed by atoms with Crippen LogP contribution in [0.5, 0.6) is 0 Å². The molecule has 1 spiro atoms. The van der Waals surface area contributed by atoms with Crippen molar-refractivity contribution in [3.05, 3.63) is 35.9 Å². The molecule has 1 unspecified atom stereocenters. The summed E-state index contributed by atoms with van der Waals surface area (Å²) in [6.45, 7) is 2.62. The molecule has 2 fully saturated rings. The molecule has 0 aromatic heterocycles. The van der Waals surface area contributed by atoms with Crippen molar-refractivity contribution < 1.29 is 14.3 Å². The Bertz CT molecular complexity index is 545. The maximum atomic E-state index is 12.2. The van der Waals surface area contributed by atoms with Crippen molar-refractivity contribution in [1.29, 1.82) is 0 Å². The topological polar surface area (TPSA) is 70.7 Å². The van der Waals surface area contributed by atoms with Crippen LogP contribution in [0.3, 0.4) is 0 Å². The minimum absolute atomic E-state index is 0.0145. The number of carbonyl (C=O) groups is 2.